The molecule has 31 heavy (non-hydrogen) atoms. The van der Waals surface area contributed by atoms with Gasteiger partial charge in [-0.2, -0.15) is 11.8 Å². The Labute approximate surface area is 187 Å². The minimum absolute atomic E-state index is 0.0640. The van der Waals surface area contributed by atoms with Crippen LogP contribution in [0.1, 0.15) is 46.5 Å². The van der Waals surface area contributed by atoms with Gasteiger partial charge in [-0.3, -0.25) is 14.4 Å². The van der Waals surface area contributed by atoms with Crippen LogP contribution in [0.3, 0.4) is 0 Å². The number of aliphatic hydroxyl groups is 1. The van der Waals surface area contributed by atoms with Crippen LogP contribution in [0.5, 0.6) is 0 Å². The van der Waals surface area contributed by atoms with E-state index in [-0.39, 0.29) is 12.5 Å². The number of amides is 3. The van der Waals surface area contributed by atoms with Crippen LogP contribution in [0, 0.1) is 5.92 Å². The lowest BCUT2D eigenvalue weighted by molar-refractivity contribution is -0.150. The van der Waals surface area contributed by atoms with Gasteiger partial charge in [0.25, 0.3) is 0 Å². The average Bonchev–Trinajstić information content (AvgIpc) is 3.18. The summed E-state index contributed by atoms with van der Waals surface area (Å²) in [6, 6.07) is -3.99. The van der Waals surface area contributed by atoms with Gasteiger partial charge in [-0.15, -0.1) is 0 Å². The number of carbonyl (C=O) groups is 4. The summed E-state index contributed by atoms with van der Waals surface area (Å²) in [5, 5.41) is 24.6. The predicted molar refractivity (Wildman–Crippen MR) is 118 cm³/mol. The molecule has 1 aliphatic heterocycles. The van der Waals surface area contributed by atoms with E-state index in [1.165, 1.54) is 11.8 Å². The Hall–Kier alpha value is -1.85. The number of thioether (sulfide) groups is 1. The zero-order chi connectivity index (χ0) is 23.7. The third-order valence-electron chi connectivity index (χ3n) is 5.18. The van der Waals surface area contributed by atoms with Crippen LogP contribution in [0.2, 0.25) is 0 Å². The van der Waals surface area contributed by atoms with Gasteiger partial charge in [0.2, 0.25) is 17.7 Å². The predicted octanol–water partition coefficient (Wildman–Crippen LogP) is -0.461. The number of aliphatic carboxylic acids is 1. The van der Waals surface area contributed by atoms with Crippen molar-refractivity contribution in [2.45, 2.75) is 76.7 Å². The molecule has 0 aromatic carbocycles. The minimum atomic E-state index is -1.32. The maximum absolute atomic E-state index is 12.9. The van der Waals surface area contributed by atoms with Crippen LogP contribution >= 0.6 is 11.8 Å². The maximum atomic E-state index is 12.9. The SMILES string of the molecule is CSCCC(N)C(=O)NC(CC(C)C)C(=O)NC(C(=O)N1CCCC1C(=O)O)C(C)O. The third kappa shape index (κ3) is 8.30. The molecule has 0 saturated carbocycles. The van der Waals surface area contributed by atoms with Crippen LogP contribution < -0.4 is 16.4 Å². The summed E-state index contributed by atoms with van der Waals surface area (Å²) in [5.41, 5.74) is 5.89. The highest BCUT2D eigenvalue weighted by Gasteiger charge is 2.40. The molecule has 1 saturated heterocycles. The number of nitrogens with zero attached hydrogens (tertiary/aromatic N) is 1. The van der Waals surface area contributed by atoms with Gasteiger partial charge in [-0.25, -0.2) is 4.79 Å². The second-order valence-electron chi connectivity index (χ2n) is 8.33. The van der Waals surface area contributed by atoms with Gasteiger partial charge in [0.05, 0.1) is 12.1 Å². The Kier molecular flexibility index (Phi) is 11.3. The molecule has 0 bridgehead atoms. The highest BCUT2D eigenvalue weighted by atomic mass is 32.2. The first-order valence-corrected chi connectivity index (χ1v) is 12.0. The second kappa shape index (κ2) is 12.9. The molecule has 1 rings (SSSR count). The topological polar surface area (TPSA) is 162 Å². The number of nitrogens with two attached hydrogens (primary N) is 1. The molecule has 6 N–H and O–H groups in total. The summed E-state index contributed by atoms with van der Waals surface area (Å²) in [5.74, 6) is -2.08. The number of aliphatic hydroxyl groups excluding tert-OH is 1. The van der Waals surface area contributed by atoms with E-state index in [1.807, 2.05) is 20.1 Å². The van der Waals surface area contributed by atoms with Crippen LogP contribution in [0.4, 0.5) is 0 Å². The molecule has 5 unspecified atom stereocenters. The molecule has 10 nitrogen and oxygen atoms in total. The van der Waals surface area contributed by atoms with Gasteiger partial charge in [-0.05, 0) is 50.5 Å². The molecule has 5 atom stereocenters. The van der Waals surface area contributed by atoms with Crippen LogP contribution in [-0.2, 0) is 19.2 Å². The van der Waals surface area contributed by atoms with Crippen molar-refractivity contribution in [2.75, 3.05) is 18.6 Å². The van der Waals surface area contributed by atoms with E-state index >= 15 is 0 Å². The Morgan fingerprint density at radius 2 is 1.81 bits per heavy atom. The molecule has 11 heteroatoms. The van der Waals surface area contributed by atoms with Crippen molar-refractivity contribution in [3.05, 3.63) is 0 Å². The summed E-state index contributed by atoms with van der Waals surface area (Å²) in [6.45, 7) is 5.37. The van der Waals surface area contributed by atoms with E-state index in [0.717, 1.165) is 0 Å². The van der Waals surface area contributed by atoms with E-state index in [0.29, 0.717) is 31.4 Å². The van der Waals surface area contributed by atoms with Gasteiger partial charge in [-0.1, -0.05) is 13.8 Å². The van der Waals surface area contributed by atoms with Gasteiger partial charge in [0.1, 0.15) is 18.1 Å². The van der Waals surface area contributed by atoms with Gasteiger partial charge < -0.3 is 31.5 Å². The van der Waals surface area contributed by atoms with E-state index in [4.69, 9.17) is 5.73 Å². The van der Waals surface area contributed by atoms with Crippen LogP contribution in [-0.4, -0.2) is 87.6 Å². The molecule has 1 aliphatic rings. The van der Waals surface area contributed by atoms with Crippen LogP contribution in [0.15, 0.2) is 0 Å². The van der Waals surface area contributed by atoms with Crippen LogP contribution in [0.25, 0.3) is 0 Å². The zero-order valence-electron chi connectivity index (χ0n) is 18.7. The number of carboxylic acid groups (broad SMARTS) is 1. The lowest BCUT2D eigenvalue weighted by Crippen LogP contribution is -2.60. The van der Waals surface area contributed by atoms with E-state index < -0.39 is 54.0 Å². The number of carboxylic acids is 1. The first kappa shape index (κ1) is 27.2. The molecule has 1 fully saturated rings. The van der Waals surface area contributed by atoms with Crippen molar-refractivity contribution in [3.8, 4) is 0 Å². The summed E-state index contributed by atoms with van der Waals surface area (Å²) in [4.78, 5) is 50.8. The summed E-state index contributed by atoms with van der Waals surface area (Å²) in [7, 11) is 0. The van der Waals surface area contributed by atoms with Crippen molar-refractivity contribution >= 4 is 35.5 Å². The monoisotopic (exact) mass is 460 g/mol. The third-order valence-corrected chi connectivity index (χ3v) is 5.82. The smallest absolute Gasteiger partial charge is 0.326 e. The van der Waals surface area contributed by atoms with Crippen molar-refractivity contribution in [2.24, 2.45) is 11.7 Å². The molecular formula is C20H36N4O6S. The fraction of sp³-hybridized carbons (Fsp3) is 0.800. The first-order valence-electron chi connectivity index (χ1n) is 10.6. The number of hydrogen-bond acceptors (Lipinski definition) is 7. The number of nitrogens with one attached hydrogen (secondary N) is 2. The number of likely N-dealkylation sites (tertiary alicyclic amines) is 1. The van der Waals surface area contributed by atoms with Crippen molar-refractivity contribution in [3.63, 3.8) is 0 Å². The fourth-order valence-electron chi connectivity index (χ4n) is 3.47. The molecule has 3 amide bonds. The van der Waals surface area contributed by atoms with E-state index in [1.54, 1.807) is 11.8 Å². The van der Waals surface area contributed by atoms with Crippen molar-refractivity contribution < 1.29 is 29.4 Å². The van der Waals surface area contributed by atoms with E-state index in [9.17, 15) is 29.4 Å². The summed E-state index contributed by atoms with van der Waals surface area (Å²) < 4.78 is 0. The molecule has 0 aliphatic carbocycles. The zero-order valence-corrected chi connectivity index (χ0v) is 19.5. The number of hydrogen-bond donors (Lipinski definition) is 5. The highest BCUT2D eigenvalue weighted by molar-refractivity contribution is 7.98. The molecule has 178 valence electrons. The minimum Gasteiger partial charge on any atom is -0.480 e. The number of rotatable bonds is 12. The normalized spacial score (nSPS) is 20.1. The lowest BCUT2D eigenvalue weighted by atomic mass is 10.0. The molecule has 0 radical (unpaired) electrons. The quantitative estimate of drug-likeness (QED) is 0.261. The largest absolute Gasteiger partial charge is 0.480 e. The molecular weight excluding hydrogens is 424 g/mol. The van der Waals surface area contributed by atoms with E-state index in [2.05, 4.69) is 10.6 Å². The standard InChI is InChI=1S/C20H36N4O6S/c1-11(2)10-14(22-17(26)13(21)7-9-31-4)18(27)23-16(12(3)25)19(28)24-8-5-6-15(24)20(29)30/h11-16,25H,5-10,21H2,1-4H3,(H,22,26)(H,23,27)(H,29,30). The fourth-order valence-corrected chi connectivity index (χ4v) is 3.96. The average molecular weight is 461 g/mol. The first-order chi connectivity index (χ1) is 14.5. The summed E-state index contributed by atoms with van der Waals surface area (Å²) in [6.07, 6.45) is 2.29. The Morgan fingerprint density at radius 1 is 1.16 bits per heavy atom. The maximum Gasteiger partial charge on any atom is 0.326 e. The van der Waals surface area contributed by atoms with Crippen molar-refractivity contribution in [1.82, 2.24) is 15.5 Å². The second-order valence-corrected chi connectivity index (χ2v) is 9.32. The summed E-state index contributed by atoms with van der Waals surface area (Å²) >= 11 is 1.56. The van der Waals surface area contributed by atoms with Crippen molar-refractivity contribution in [1.29, 1.82) is 0 Å². The Balaban J connectivity index is 2.92. The Bertz CT molecular complexity index is 645. The Morgan fingerprint density at radius 3 is 2.32 bits per heavy atom. The van der Waals surface area contributed by atoms with Gasteiger partial charge in [0.15, 0.2) is 0 Å². The van der Waals surface area contributed by atoms with Gasteiger partial charge >= 0.3 is 5.97 Å². The molecule has 1 heterocycles. The molecule has 0 aromatic rings. The molecule has 0 aromatic heterocycles. The lowest BCUT2D eigenvalue weighted by Gasteiger charge is -2.30. The molecule has 0 spiro atoms. The van der Waals surface area contributed by atoms with Gasteiger partial charge in [0, 0.05) is 6.54 Å². The highest BCUT2D eigenvalue weighted by Crippen LogP contribution is 2.19. The number of carbonyl (C=O) groups excluding carboxylic acids is 3.